The smallest absolute Gasteiger partial charge is 0.342 e. The predicted molar refractivity (Wildman–Crippen MR) is 74.4 cm³/mol. The van der Waals surface area contributed by atoms with Gasteiger partial charge in [-0.05, 0) is 34.3 Å². The van der Waals surface area contributed by atoms with Gasteiger partial charge < -0.3 is 10.8 Å². The Labute approximate surface area is 116 Å². The van der Waals surface area contributed by atoms with Crippen molar-refractivity contribution in [3.8, 4) is 5.69 Å². The van der Waals surface area contributed by atoms with Gasteiger partial charge in [0, 0.05) is 4.47 Å². The van der Waals surface area contributed by atoms with Gasteiger partial charge in [-0.2, -0.15) is 5.10 Å². The van der Waals surface area contributed by atoms with Crippen LogP contribution in [0.15, 0.2) is 33.8 Å². The summed E-state index contributed by atoms with van der Waals surface area (Å²) in [5.41, 5.74) is 6.61. The molecule has 1 aromatic carbocycles. The number of para-hydroxylation sites is 1. The van der Waals surface area contributed by atoms with Gasteiger partial charge in [0.05, 0.1) is 5.69 Å². The fraction of sp³-hybridized carbons (Fsp3) is 0.0909. The van der Waals surface area contributed by atoms with E-state index in [0.29, 0.717) is 10.7 Å². The number of thioether (sulfide) groups is 1. The zero-order valence-electron chi connectivity index (χ0n) is 9.42. The second-order valence-electron chi connectivity index (χ2n) is 3.44. The number of carboxylic acids is 1. The van der Waals surface area contributed by atoms with Gasteiger partial charge in [-0.25, -0.2) is 9.48 Å². The lowest BCUT2D eigenvalue weighted by molar-refractivity contribution is 0.0694. The van der Waals surface area contributed by atoms with Crippen LogP contribution in [0.1, 0.15) is 10.4 Å². The average molecular weight is 328 g/mol. The van der Waals surface area contributed by atoms with E-state index in [4.69, 9.17) is 10.8 Å². The normalized spacial score (nSPS) is 10.6. The number of aromatic carboxylic acids is 1. The summed E-state index contributed by atoms with van der Waals surface area (Å²) in [5.74, 6) is -0.950. The summed E-state index contributed by atoms with van der Waals surface area (Å²) >= 11 is 4.64. The second-order valence-corrected chi connectivity index (χ2v) is 5.09. The van der Waals surface area contributed by atoms with Crippen molar-refractivity contribution < 1.29 is 9.90 Å². The van der Waals surface area contributed by atoms with Crippen molar-refractivity contribution in [2.45, 2.75) is 5.03 Å². The Morgan fingerprint density at radius 2 is 2.17 bits per heavy atom. The molecule has 0 aliphatic heterocycles. The van der Waals surface area contributed by atoms with Crippen LogP contribution in [-0.2, 0) is 0 Å². The van der Waals surface area contributed by atoms with Crippen molar-refractivity contribution in [3.63, 3.8) is 0 Å². The summed E-state index contributed by atoms with van der Waals surface area (Å²) in [4.78, 5) is 11.2. The summed E-state index contributed by atoms with van der Waals surface area (Å²) in [6.07, 6.45) is 1.76. The lowest BCUT2D eigenvalue weighted by Crippen LogP contribution is -2.06. The monoisotopic (exact) mass is 327 g/mol. The number of nitrogens with two attached hydrogens (primary N) is 1. The molecule has 7 heteroatoms. The first kappa shape index (κ1) is 13.0. The highest BCUT2D eigenvalue weighted by Crippen LogP contribution is 2.29. The number of benzene rings is 1. The molecular weight excluding hydrogens is 318 g/mol. The Bertz CT molecular complexity index is 612. The minimum absolute atomic E-state index is 0.0400. The fourth-order valence-electron chi connectivity index (χ4n) is 1.56. The van der Waals surface area contributed by atoms with E-state index in [1.807, 2.05) is 24.3 Å². The van der Waals surface area contributed by atoms with Crippen LogP contribution in [0.4, 0.5) is 5.82 Å². The molecule has 18 heavy (non-hydrogen) atoms. The zero-order valence-corrected chi connectivity index (χ0v) is 11.8. The number of rotatable bonds is 3. The summed E-state index contributed by atoms with van der Waals surface area (Å²) in [6, 6.07) is 7.35. The third-order valence-electron chi connectivity index (χ3n) is 2.38. The van der Waals surface area contributed by atoms with Crippen LogP contribution in [-0.4, -0.2) is 27.1 Å². The van der Waals surface area contributed by atoms with Crippen LogP contribution < -0.4 is 5.73 Å². The van der Waals surface area contributed by atoms with Gasteiger partial charge in [0.2, 0.25) is 0 Å². The zero-order chi connectivity index (χ0) is 13.3. The number of hydrogen-bond acceptors (Lipinski definition) is 4. The summed E-state index contributed by atoms with van der Waals surface area (Å²) < 4.78 is 2.23. The Kier molecular flexibility index (Phi) is 3.63. The largest absolute Gasteiger partial charge is 0.477 e. The van der Waals surface area contributed by atoms with Gasteiger partial charge in [-0.15, -0.1) is 11.8 Å². The van der Waals surface area contributed by atoms with Crippen molar-refractivity contribution in [3.05, 3.63) is 34.3 Å². The Morgan fingerprint density at radius 3 is 2.67 bits per heavy atom. The SMILES string of the molecule is CSc1nn(-c2ccccc2Br)c(N)c1C(=O)O. The summed E-state index contributed by atoms with van der Waals surface area (Å²) in [5, 5.41) is 13.8. The number of anilines is 1. The lowest BCUT2D eigenvalue weighted by atomic mass is 10.3. The maximum Gasteiger partial charge on any atom is 0.342 e. The van der Waals surface area contributed by atoms with Gasteiger partial charge in [0.1, 0.15) is 16.4 Å². The van der Waals surface area contributed by atoms with E-state index in [1.54, 1.807) is 6.26 Å². The number of hydrogen-bond donors (Lipinski definition) is 2. The molecule has 0 spiro atoms. The number of nitrogen functional groups attached to an aromatic ring is 1. The third kappa shape index (κ3) is 2.11. The number of nitrogens with zero attached hydrogens (tertiary/aromatic N) is 2. The molecule has 0 saturated carbocycles. The molecule has 0 radical (unpaired) electrons. The first-order valence-corrected chi connectivity index (χ1v) is 6.98. The molecule has 0 amide bonds. The Balaban J connectivity index is 2.67. The number of carboxylic acid groups (broad SMARTS) is 1. The van der Waals surface area contributed by atoms with Crippen molar-refractivity contribution >= 4 is 39.5 Å². The Morgan fingerprint density at radius 1 is 1.50 bits per heavy atom. The second kappa shape index (κ2) is 5.03. The molecule has 1 heterocycles. The van der Waals surface area contributed by atoms with E-state index in [-0.39, 0.29) is 11.4 Å². The molecule has 3 N–H and O–H groups in total. The lowest BCUT2D eigenvalue weighted by Gasteiger charge is -2.05. The highest BCUT2D eigenvalue weighted by Gasteiger charge is 2.22. The van der Waals surface area contributed by atoms with Crippen LogP contribution in [0.3, 0.4) is 0 Å². The van der Waals surface area contributed by atoms with E-state index in [2.05, 4.69) is 21.0 Å². The number of aromatic nitrogens is 2. The topological polar surface area (TPSA) is 81.1 Å². The minimum Gasteiger partial charge on any atom is -0.477 e. The molecule has 5 nitrogen and oxygen atoms in total. The Hall–Kier alpha value is -1.47. The van der Waals surface area contributed by atoms with E-state index < -0.39 is 5.97 Å². The molecule has 0 bridgehead atoms. The van der Waals surface area contributed by atoms with Gasteiger partial charge in [-0.3, -0.25) is 0 Å². The number of carbonyl (C=O) groups is 1. The molecule has 94 valence electrons. The van der Waals surface area contributed by atoms with Crippen molar-refractivity contribution in [2.75, 3.05) is 12.0 Å². The van der Waals surface area contributed by atoms with Crippen LogP contribution >= 0.6 is 27.7 Å². The maximum absolute atomic E-state index is 11.2. The van der Waals surface area contributed by atoms with Crippen molar-refractivity contribution in [1.29, 1.82) is 0 Å². The fourth-order valence-corrected chi connectivity index (χ4v) is 2.57. The minimum atomic E-state index is -1.07. The highest BCUT2D eigenvalue weighted by molar-refractivity contribution is 9.10. The van der Waals surface area contributed by atoms with Crippen LogP contribution in [0, 0.1) is 0 Å². The standard InChI is InChI=1S/C11H10BrN3O2S/c1-18-10-8(11(16)17)9(13)15(14-10)7-5-3-2-4-6(7)12/h2-5H,13H2,1H3,(H,16,17). The van der Waals surface area contributed by atoms with E-state index in [1.165, 1.54) is 16.4 Å². The molecule has 0 atom stereocenters. The molecule has 0 saturated heterocycles. The summed E-state index contributed by atoms with van der Waals surface area (Å²) in [6.45, 7) is 0. The molecule has 0 fully saturated rings. The molecular formula is C11H10BrN3O2S. The first-order chi connectivity index (χ1) is 8.56. The number of halogens is 1. The quantitative estimate of drug-likeness (QED) is 0.847. The molecule has 2 aromatic rings. The van der Waals surface area contributed by atoms with Gasteiger partial charge in [0.15, 0.2) is 0 Å². The highest BCUT2D eigenvalue weighted by atomic mass is 79.9. The molecule has 0 aliphatic carbocycles. The van der Waals surface area contributed by atoms with E-state index in [0.717, 1.165) is 4.47 Å². The van der Waals surface area contributed by atoms with Crippen molar-refractivity contribution in [2.24, 2.45) is 0 Å². The maximum atomic E-state index is 11.2. The van der Waals surface area contributed by atoms with Gasteiger partial charge in [-0.1, -0.05) is 12.1 Å². The predicted octanol–water partition coefficient (Wildman–Crippen LogP) is 2.64. The molecule has 0 aliphatic rings. The van der Waals surface area contributed by atoms with Crippen LogP contribution in [0.25, 0.3) is 5.69 Å². The molecule has 1 aromatic heterocycles. The average Bonchev–Trinajstić information content (AvgIpc) is 2.67. The summed E-state index contributed by atoms with van der Waals surface area (Å²) in [7, 11) is 0. The van der Waals surface area contributed by atoms with Gasteiger partial charge in [0.25, 0.3) is 0 Å². The molecule has 0 unspecified atom stereocenters. The van der Waals surface area contributed by atoms with Gasteiger partial charge >= 0.3 is 5.97 Å². The van der Waals surface area contributed by atoms with E-state index in [9.17, 15) is 4.79 Å². The third-order valence-corrected chi connectivity index (χ3v) is 3.72. The van der Waals surface area contributed by atoms with Crippen molar-refractivity contribution in [1.82, 2.24) is 9.78 Å². The molecule has 2 rings (SSSR count). The van der Waals surface area contributed by atoms with E-state index >= 15 is 0 Å². The first-order valence-electron chi connectivity index (χ1n) is 4.97. The van der Waals surface area contributed by atoms with Crippen LogP contribution in [0.2, 0.25) is 0 Å². The van der Waals surface area contributed by atoms with Crippen LogP contribution in [0.5, 0.6) is 0 Å².